The molecule has 5 rings (SSSR count). The maximum Gasteiger partial charge on any atom is 0.501 e. The van der Waals surface area contributed by atoms with Crippen molar-refractivity contribution in [3.05, 3.63) is 89.5 Å². The van der Waals surface area contributed by atoms with Crippen molar-refractivity contribution in [2.75, 3.05) is 69.3 Å². The van der Waals surface area contributed by atoms with Crippen molar-refractivity contribution in [2.45, 2.75) is 91.5 Å². The number of halogens is 5. The number of thioether (sulfide) groups is 1. The van der Waals surface area contributed by atoms with Crippen LogP contribution in [0.4, 0.5) is 33.3 Å². The number of benzene rings is 3. The van der Waals surface area contributed by atoms with Crippen molar-refractivity contribution in [3.63, 3.8) is 0 Å². The molecule has 0 bridgehead atoms. The molecular weight excluding hydrogens is 826 g/mol. The smallest absolute Gasteiger partial charge is 0.380 e. The first-order valence-corrected chi connectivity index (χ1v) is 23.3. The van der Waals surface area contributed by atoms with Crippen LogP contribution in [0.5, 0.6) is 0 Å². The Kier molecular flexibility index (Phi) is 16.6. The molecule has 2 aliphatic rings. The predicted molar refractivity (Wildman–Crippen MR) is 230 cm³/mol. The van der Waals surface area contributed by atoms with Crippen LogP contribution < -0.4 is 14.9 Å². The van der Waals surface area contributed by atoms with Crippen molar-refractivity contribution in [3.8, 4) is 0 Å². The maximum absolute atomic E-state index is 14.0. The van der Waals surface area contributed by atoms with Gasteiger partial charge in [-0.1, -0.05) is 43.2 Å². The lowest BCUT2D eigenvalue weighted by molar-refractivity contribution is -0.0435. The molecule has 0 spiro atoms. The average molecular weight is 882 g/mol. The van der Waals surface area contributed by atoms with E-state index in [1.54, 1.807) is 12.1 Å². The molecule has 0 aromatic heterocycles. The van der Waals surface area contributed by atoms with Gasteiger partial charge in [-0.3, -0.25) is 14.4 Å². The zero-order valence-corrected chi connectivity index (χ0v) is 36.6. The largest absolute Gasteiger partial charge is 0.501 e. The topological polar surface area (TPSA) is 85.0 Å². The first-order chi connectivity index (χ1) is 27.9. The molecule has 0 saturated carbocycles. The van der Waals surface area contributed by atoms with Crippen molar-refractivity contribution in [2.24, 2.45) is 5.41 Å². The van der Waals surface area contributed by atoms with E-state index >= 15 is 0 Å². The molecule has 3 aromatic rings. The summed E-state index contributed by atoms with van der Waals surface area (Å²) in [5, 5.41) is 3.08. The Labute approximate surface area is 354 Å². The summed E-state index contributed by atoms with van der Waals surface area (Å²) >= 11 is 2.26. The number of allylic oxidation sites excluding steroid dienone is 1. The highest BCUT2D eigenvalue weighted by atomic mass is 32.2. The molecule has 1 fully saturated rings. The van der Waals surface area contributed by atoms with Gasteiger partial charge in [0.1, 0.15) is 4.90 Å². The Balaban J connectivity index is 1.19. The van der Waals surface area contributed by atoms with Crippen LogP contribution in [0.25, 0.3) is 0 Å². The van der Waals surface area contributed by atoms with Crippen LogP contribution >= 0.6 is 23.7 Å². The molecule has 59 heavy (non-hydrogen) atoms. The minimum absolute atomic E-state index is 0.0619. The van der Waals surface area contributed by atoms with Gasteiger partial charge in [0, 0.05) is 72.0 Å². The molecule has 1 aliphatic carbocycles. The van der Waals surface area contributed by atoms with Crippen molar-refractivity contribution >= 4 is 50.8 Å². The number of nitrogens with zero attached hydrogens (tertiary/aromatic N) is 3. The summed E-state index contributed by atoms with van der Waals surface area (Å²) < 4.78 is 96.0. The molecule has 1 unspecified atom stereocenters. The van der Waals surface area contributed by atoms with Gasteiger partial charge in [-0.05, 0) is 131 Å². The number of carbonyl (C=O) groups is 1. The van der Waals surface area contributed by atoms with E-state index in [4.69, 9.17) is 0 Å². The van der Waals surface area contributed by atoms with E-state index in [-0.39, 0.29) is 28.5 Å². The van der Waals surface area contributed by atoms with E-state index < -0.39 is 32.6 Å². The molecular formula is C43H56F5N5O3S3. The maximum atomic E-state index is 14.0. The third-order valence-electron chi connectivity index (χ3n) is 10.8. The number of alkyl halides is 5. The SMILES string of the molecule is CN(C)CCC(CSc1ccccc1)Nc1ccc(SNC(=O)c2ccc(N3CCN(CC4=C(CCCC(F)F)CC(C)(C)CC4)CC3)cc2)cc1S(=O)(=O)C(F)(F)F. The Morgan fingerprint density at radius 2 is 1.61 bits per heavy atom. The van der Waals surface area contributed by atoms with Gasteiger partial charge in [0.25, 0.3) is 15.7 Å². The fourth-order valence-corrected chi connectivity index (χ4v) is 10.0. The Hall–Kier alpha value is -3.31. The van der Waals surface area contributed by atoms with Crippen molar-refractivity contribution in [1.29, 1.82) is 0 Å². The van der Waals surface area contributed by atoms with Crippen LogP contribution in [0, 0.1) is 5.41 Å². The Bertz CT molecular complexity index is 1970. The van der Waals surface area contributed by atoms with Gasteiger partial charge in [0.05, 0.1) is 5.69 Å². The van der Waals surface area contributed by atoms with Gasteiger partial charge in [-0.15, -0.1) is 11.8 Å². The molecule has 1 saturated heterocycles. The lowest BCUT2D eigenvalue weighted by Crippen LogP contribution is -2.47. The first kappa shape index (κ1) is 46.8. The zero-order valence-electron chi connectivity index (χ0n) is 34.2. The molecule has 1 heterocycles. The average Bonchev–Trinajstić information content (AvgIpc) is 3.19. The van der Waals surface area contributed by atoms with Crippen molar-refractivity contribution < 1.29 is 35.2 Å². The van der Waals surface area contributed by atoms with Crippen LogP contribution in [0.3, 0.4) is 0 Å². The molecule has 1 atom stereocenters. The van der Waals surface area contributed by atoms with E-state index in [0.29, 0.717) is 30.7 Å². The number of piperazine rings is 1. The van der Waals surface area contributed by atoms with Crippen LogP contribution in [0.15, 0.2) is 98.6 Å². The normalized spacial score (nSPS) is 17.1. The summed E-state index contributed by atoms with van der Waals surface area (Å²) in [4.78, 5) is 20.0. The molecule has 1 amide bonds. The third-order valence-corrected chi connectivity index (χ3v) is 14.2. The van der Waals surface area contributed by atoms with Gasteiger partial charge >= 0.3 is 5.51 Å². The summed E-state index contributed by atoms with van der Waals surface area (Å²) in [6.07, 6.45) is 2.52. The van der Waals surface area contributed by atoms with Gasteiger partial charge in [0.15, 0.2) is 0 Å². The second kappa shape index (κ2) is 21.0. The molecule has 16 heteroatoms. The van der Waals surface area contributed by atoms with E-state index in [1.807, 2.05) is 61.5 Å². The highest BCUT2D eigenvalue weighted by Crippen LogP contribution is 2.41. The van der Waals surface area contributed by atoms with Gasteiger partial charge < -0.3 is 15.1 Å². The second-order valence-corrected chi connectivity index (χ2v) is 20.2. The second-order valence-electron chi connectivity index (χ2n) is 16.3. The Morgan fingerprint density at radius 1 is 0.915 bits per heavy atom. The quantitative estimate of drug-likeness (QED) is 0.0529. The van der Waals surface area contributed by atoms with Crippen LogP contribution in [0.2, 0.25) is 0 Å². The molecule has 324 valence electrons. The minimum Gasteiger partial charge on any atom is -0.380 e. The number of rotatable bonds is 19. The highest BCUT2D eigenvalue weighted by molar-refractivity contribution is 7.99. The van der Waals surface area contributed by atoms with Crippen molar-refractivity contribution in [1.82, 2.24) is 14.5 Å². The number of nitrogens with one attached hydrogen (secondary N) is 2. The summed E-state index contributed by atoms with van der Waals surface area (Å²) in [5.41, 5.74) is -1.45. The van der Waals surface area contributed by atoms with Crippen LogP contribution in [-0.2, 0) is 9.84 Å². The Morgan fingerprint density at radius 3 is 2.25 bits per heavy atom. The van der Waals surface area contributed by atoms with E-state index in [9.17, 15) is 35.2 Å². The summed E-state index contributed by atoms with van der Waals surface area (Å²) in [7, 11) is -1.97. The molecule has 3 aromatic carbocycles. The molecule has 0 radical (unpaired) electrons. The van der Waals surface area contributed by atoms with Gasteiger partial charge in [-0.25, -0.2) is 17.2 Å². The molecule has 2 N–H and O–H groups in total. The van der Waals surface area contributed by atoms with Gasteiger partial charge in [-0.2, -0.15) is 13.2 Å². The summed E-state index contributed by atoms with van der Waals surface area (Å²) in [6, 6.07) is 20.0. The van der Waals surface area contributed by atoms with Crippen LogP contribution in [-0.4, -0.2) is 101 Å². The third kappa shape index (κ3) is 13.9. The van der Waals surface area contributed by atoms with Gasteiger partial charge in [0.2, 0.25) is 6.43 Å². The number of anilines is 2. The fourth-order valence-electron chi connectivity index (χ4n) is 7.38. The van der Waals surface area contributed by atoms with E-state index in [0.717, 1.165) is 87.0 Å². The minimum atomic E-state index is -5.74. The van der Waals surface area contributed by atoms with E-state index in [1.165, 1.54) is 35.0 Å². The predicted octanol–water partition coefficient (Wildman–Crippen LogP) is 10.0. The summed E-state index contributed by atoms with van der Waals surface area (Å²) in [6.45, 7) is 9.26. The fraction of sp³-hybridized carbons (Fsp3) is 0.512. The highest BCUT2D eigenvalue weighted by Gasteiger charge is 2.48. The number of carbonyl (C=O) groups excluding carboxylic acids is 1. The monoisotopic (exact) mass is 881 g/mol. The lowest BCUT2D eigenvalue weighted by atomic mass is 9.73. The first-order valence-electron chi connectivity index (χ1n) is 20.0. The molecule has 8 nitrogen and oxygen atoms in total. The van der Waals surface area contributed by atoms with Crippen LogP contribution in [0.1, 0.15) is 69.2 Å². The number of amides is 1. The lowest BCUT2D eigenvalue weighted by Gasteiger charge is -2.39. The standard InChI is InChI=1S/C43H56F5N5O3S3/c1-42(2)21-19-33(32(28-42)9-8-12-40(44)45)29-52-23-25-53(26-24-52)35-15-13-31(14-16-35)41(54)50-58-37-17-18-38(39(27-37)59(55,56)43(46,47)48)49-34(20-22-51(3)4)30-57-36-10-6-5-7-11-36/h5-7,10-11,13-18,27,34,40,49H,8-9,12,19-26,28-30H2,1-4H3,(H,50,54). The summed E-state index contributed by atoms with van der Waals surface area (Å²) in [5.74, 6) is 0.00123. The zero-order chi connectivity index (χ0) is 42.8. The van der Waals surface area contributed by atoms with E-state index in [2.05, 4.69) is 33.7 Å². The number of hydrogen-bond donors (Lipinski definition) is 2. The molecule has 1 aliphatic heterocycles. The number of hydrogen-bond acceptors (Lipinski definition) is 9. The number of sulfone groups is 1.